The second-order valence-corrected chi connectivity index (χ2v) is 6.59. The third-order valence-electron chi connectivity index (χ3n) is 4.35. The van der Waals surface area contributed by atoms with Crippen molar-refractivity contribution in [1.29, 1.82) is 0 Å². The number of phenolic OH excluding ortho intramolecular Hbond substituents is 4. The van der Waals surface area contributed by atoms with Crippen molar-refractivity contribution in [2.75, 3.05) is 0 Å². The summed E-state index contributed by atoms with van der Waals surface area (Å²) < 4.78 is 10.7. The summed E-state index contributed by atoms with van der Waals surface area (Å²) in [4.78, 5) is 36.0. The van der Waals surface area contributed by atoms with Crippen LogP contribution in [0.4, 0.5) is 0 Å². The van der Waals surface area contributed by atoms with Gasteiger partial charge in [-0.15, -0.1) is 0 Å². The van der Waals surface area contributed by atoms with Gasteiger partial charge >= 0.3 is 11.9 Å². The molecule has 0 aliphatic carbocycles. The Morgan fingerprint density at radius 2 is 1.74 bits per heavy atom. The molecular formula is C20H17NO10. The summed E-state index contributed by atoms with van der Waals surface area (Å²) in [5, 5.41) is 47.5. The average Bonchev–Trinajstić information content (AvgIpc) is 2.69. The summed E-state index contributed by atoms with van der Waals surface area (Å²) in [5.41, 5.74) is 4.18. The van der Waals surface area contributed by atoms with Crippen molar-refractivity contribution in [3.05, 3.63) is 40.6 Å². The van der Waals surface area contributed by atoms with Gasteiger partial charge in [0.15, 0.2) is 17.3 Å². The van der Waals surface area contributed by atoms with Gasteiger partial charge in [-0.3, -0.25) is 14.4 Å². The number of ether oxygens (including phenoxy) is 1. The Morgan fingerprint density at radius 1 is 1.03 bits per heavy atom. The molecule has 0 unspecified atom stereocenters. The van der Waals surface area contributed by atoms with Gasteiger partial charge in [-0.25, -0.2) is 0 Å². The number of fused-ring (bicyclic) bond motifs is 1. The van der Waals surface area contributed by atoms with Gasteiger partial charge in [-0.2, -0.15) is 0 Å². The topological polar surface area (TPSA) is 201 Å². The fraction of sp³-hybridized carbons (Fsp3) is 0.150. The summed E-state index contributed by atoms with van der Waals surface area (Å²) in [7, 11) is 0. The zero-order chi connectivity index (χ0) is 22.9. The molecule has 2 aromatic carbocycles. The fourth-order valence-electron chi connectivity index (χ4n) is 2.78. The molecule has 0 spiro atoms. The molecule has 0 aliphatic heterocycles. The maximum absolute atomic E-state index is 13.0. The molecule has 0 radical (unpaired) electrons. The first-order chi connectivity index (χ1) is 14.6. The number of nitrogens with two attached hydrogens (primary N) is 1. The van der Waals surface area contributed by atoms with E-state index in [9.17, 15) is 34.8 Å². The second kappa shape index (κ2) is 8.24. The van der Waals surface area contributed by atoms with E-state index in [1.807, 2.05) is 0 Å². The molecule has 7 N–H and O–H groups in total. The van der Waals surface area contributed by atoms with Crippen LogP contribution in [0.25, 0.3) is 22.3 Å². The molecule has 1 heterocycles. The lowest BCUT2D eigenvalue weighted by Crippen LogP contribution is -2.31. The lowest BCUT2D eigenvalue weighted by atomic mass is 10.1. The summed E-state index contributed by atoms with van der Waals surface area (Å²) in [6.07, 6.45) is -0.700. The van der Waals surface area contributed by atoms with Gasteiger partial charge in [0.1, 0.15) is 28.5 Å². The molecule has 3 rings (SSSR count). The van der Waals surface area contributed by atoms with Gasteiger partial charge in [-0.1, -0.05) is 0 Å². The Hall–Kier alpha value is -4.25. The third kappa shape index (κ3) is 4.36. The molecule has 0 bridgehead atoms. The first-order valence-corrected chi connectivity index (χ1v) is 8.82. The highest BCUT2D eigenvalue weighted by Gasteiger charge is 2.24. The molecule has 1 aromatic heterocycles. The highest BCUT2D eigenvalue weighted by atomic mass is 16.5. The zero-order valence-corrected chi connectivity index (χ0v) is 15.7. The van der Waals surface area contributed by atoms with E-state index in [4.69, 9.17) is 20.0 Å². The number of hydrogen-bond donors (Lipinski definition) is 6. The van der Waals surface area contributed by atoms with Crippen molar-refractivity contribution in [3.63, 3.8) is 0 Å². The minimum absolute atomic E-state index is 0.0298. The summed E-state index contributed by atoms with van der Waals surface area (Å²) in [6, 6.07) is 4.03. The molecule has 0 fully saturated rings. The van der Waals surface area contributed by atoms with E-state index in [0.717, 1.165) is 24.3 Å². The highest BCUT2D eigenvalue weighted by Crippen LogP contribution is 2.38. The number of esters is 1. The molecule has 11 nitrogen and oxygen atoms in total. The molecule has 0 amide bonds. The number of phenols is 4. The SMILES string of the molecule is N[C@@H](CCC(=O)Oc1c(-c2ccc(O)c(O)c2)oc2cc(O)cc(O)c2c1=O)C(=O)O. The number of carboxylic acids is 1. The summed E-state index contributed by atoms with van der Waals surface area (Å²) in [6.45, 7) is 0. The van der Waals surface area contributed by atoms with E-state index >= 15 is 0 Å². The van der Waals surface area contributed by atoms with Gasteiger partial charge in [0.05, 0.1) is 0 Å². The predicted molar refractivity (Wildman–Crippen MR) is 105 cm³/mol. The van der Waals surface area contributed by atoms with Gasteiger partial charge < -0.3 is 40.4 Å². The number of carboxylic acid groups (broad SMARTS) is 1. The maximum atomic E-state index is 13.0. The molecule has 1 atom stereocenters. The van der Waals surface area contributed by atoms with E-state index in [0.29, 0.717) is 0 Å². The fourth-order valence-corrected chi connectivity index (χ4v) is 2.78. The Balaban J connectivity index is 2.14. The number of carbonyl (C=O) groups excluding carboxylic acids is 1. The van der Waals surface area contributed by atoms with Crippen LogP contribution in [0.3, 0.4) is 0 Å². The predicted octanol–water partition coefficient (Wildman–Crippen LogP) is 1.38. The van der Waals surface area contributed by atoms with Crippen molar-refractivity contribution >= 4 is 22.9 Å². The normalized spacial score (nSPS) is 11.9. The summed E-state index contributed by atoms with van der Waals surface area (Å²) >= 11 is 0. The van der Waals surface area contributed by atoms with Crippen LogP contribution < -0.4 is 15.9 Å². The molecular weight excluding hydrogens is 414 g/mol. The highest BCUT2D eigenvalue weighted by molar-refractivity contribution is 5.89. The molecule has 162 valence electrons. The van der Waals surface area contributed by atoms with Crippen LogP contribution >= 0.6 is 0 Å². The van der Waals surface area contributed by atoms with Gasteiger partial charge in [0.25, 0.3) is 0 Å². The van der Waals surface area contributed by atoms with Crippen molar-refractivity contribution < 1.29 is 44.3 Å². The lowest BCUT2D eigenvalue weighted by molar-refractivity contribution is -0.139. The van der Waals surface area contributed by atoms with Gasteiger partial charge in [-0.05, 0) is 24.6 Å². The smallest absolute Gasteiger partial charge is 0.320 e. The minimum atomic E-state index is -1.32. The third-order valence-corrected chi connectivity index (χ3v) is 4.35. The lowest BCUT2D eigenvalue weighted by Gasteiger charge is -2.12. The molecule has 31 heavy (non-hydrogen) atoms. The Labute approximate surface area is 173 Å². The largest absolute Gasteiger partial charge is 0.508 e. The first kappa shape index (κ1) is 21.5. The number of aromatic hydroxyl groups is 4. The van der Waals surface area contributed by atoms with Crippen LogP contribution in [-0.4, -0.2) is 43.5 Å². The van der Waals surface area contributed by atoms with Crippen LogP contribution in [-0.2, 0) is 9.59 Å². The number of rotatable bonds is 6. The first-order valence-electron chi connectivity index (χ1n) is 8.82. The van der Waals surface area contributed by atoms with Gasteiger partial charge in [0.2, 0.25) is 11.2 Å². The number of benzene rings is 2. The van der Waals surface area contributed by atoms with Crippen LogP contribution in [0.15, 0.2) is 39.5 Å². The summed E-state index contributed by atoms with van der Waals surface area (Å²) in [5.74, 6) is -5.34. The Bertz CT molecular complexity index is 1250. The van der Waals surface area contributed by atoms with E-state index in [1.54, 1.807) is 0 Å². The molecule has 3 aromatic rings. The van der Waals surface area contributed by atoms with Crippen LogP contribution in [0.2, 0.25) is 0 Å². The van der Waals surface area contributed by atoms with Crippen molar-refractivity contribution in [2.24, 2.45) is 5.73 Å². The quantitative estimate of drug-likeness (QED) is 0.243. The van der Waals surface area contributed by atoms with Crippen molar-refractivity contribution in [1.82, 2.24) is 0 Å². The van der Waals surface area contributed by atoms with Gasteiger partial charge in [0, 0.05) is 24.1 Å². The molecule has 11 heteroatoms. The van der Waals surface area contributed by atoms with Crippen LogP contribution in [0.5, 0.6) is 28.7 Å². The Kier molecular flexibility index (Phi) is 5.70. The minimum Gasteiger partial charge on any atom is -0.508 e. The van der Waals surface area contributed by atoms with Crippen LogP contribution in [0.1, 0.15) is 12.8 Å². The van der Waals surface area contributed by atoms with E-state index in [-0.39, 0.29) is 28.7 Å². The molecule has 0 saturated heterocycles. The number of hydrogen-bond acceptors (Lipinski definition) is 10. The van der Waals surface area contributed by atoms with Crippen LogP contribution in [0, 0.1) is 0 Å². The van der Waals surface area contributed by atoms with E-state index < -0.39 is 58.6 Å². The van der Waals surface area contributed by atoms with E-state index in [2.05, 4.69) is 0 Å². The maximum Gasteiger partial charge on any atom is 0.320 e. The zero-order valence-electron chi connectivity index (χ0n) is 15.7. The van der Waals surface area contributed by atoms with Crippen molar-refractivity contribution in [3.8, 4) is 40.1 Å². The Morgan fingerprint density at radius 3 is 2.39 bits per heavy atom. The molecule has 0 aliphatic rings. The number of aliphatic carboxylic acids is 1. The van der Waals surface area contributed by atoms with Crippen molar-refractivity contribution in [2.45, 2.75) is 18.9 Å². The molecule has 0 saturated carbocycles. The van der Waals surface area contributed by atoms with E-state index in [1.165, 1.54) is 6.07 Å². The monoisotopic (exact) mass is 431 g/mol. The number of carbonyl (C=O) groups is 2. The standard InChI is InChI=1S/C20H17NO10/c21-10(20(28)29)2-4-15(26)31-19-17(27)16-13(25)6-9(22)7-14(16)30-18(19)8-1-3-11(23)12(24)5-8/h1,3,5-7,10,22-25H,2,4,21H2,(H,28,29)/t10-/m0/s1. The average molecular weight is 431 g/mol. The second-order valence-electron chi connectivity index (χ2n) is 6.59.